The van der Waals surface area contributed by atoms with Gasteiger partial charge < -0.3 is 10.1 Å². The number of carbonyl (C=O) groups is 2. The lowest BCUT2D eigenvalue weighted by atomic mass is 9.98. The van der Waals surface area contributed by atoms with E-state index in [1.165, 1.54) is 34.6 Å². The average molecular weight is 386 g/mol. The molecular weight excluding hydrogens is 358 g/mol. The highest BCUT2D eigenvalue weighted by atomic mass is 32.1. The van der Waals surface area contributed by atoms with Crippen molar-refractivity contribution in [3.05, 3.63) is 50.7 Å². The molecule has 0 saturated heterocycles. The monoisotopic (exact) mass is 385 g/mol. The zero-order valence-corrected chi connectivity index (χ0v) is 17.2. The molecule has 0 spiro atoms. The number of anilines is 1. The van der Waals surface area contributed by atoms with Crippen LogP contribution in [0.25, 0.3) is 0 Å². The molecule has 0 bridgehead atoms. The second kappa shape index (κ2) is 8.26. The maximum Gasteiger partial charge on any atom is 0.349 e. The van der Waals surface area contributed by atoms with Crippen molar-refractivity contribution in [1.82, 2.24) is 0 Å². The molecule has 1 aliphatic carbocycles. The van der Waals surface area contributed by atoms with Crippen molar-refractivity contribution in [1.29, 1.82) is 0 Å². The van der Waals surface area contributed by atoms with Crippen molar-refractivity contribution < 1.29 is 14.3 Å². The van der Waals surface area contributed by atoms with Gasteiger partial charge in [0.15, 0.2) is 6.10 Å². The van der Waals surface area contributed by atoms with Crippen LogP contribution in [0.5, 0.6) is 0 Å². The van der Waals surface area contributed by atoms with Gasteiger partial charge >= 0.3 is 5.97 Å². The predicted molar refractivity (Wildman–Crippen MR) is 110 cm³/mol. The van der Waals surface area contributed by atoms with Crippen LogP contribution in [0, 0.1) is 6.92 Å². The minimum Gasteiger partial charge on any atom is -0.448 e. The van der Waals surface area contributed by atoms with Crippen LogP contribution in [0.1, 0.15) is 70.8 Å². The van der Waals surface area contributed by atoms with E-state index in [2.05, 4.69) is 19.2 Å². The van der Waals surface area contributed by atoms with E-state index >= 15 is 0 Å². The van der Waals surface area contributed by atoms with E-state index < -0.39 is 12.1 Å². The predicted octanol–water partition coefficient (Wildman–Crippen LogP) is 5.24. The number of aryl methyl sites for hydroxylation is 3. The van der Waals surface area contributed by atoms with Gasteiger partial charge in [-0.3, -0.25) is 4.79 Å². The lowest BCUT2D eigenvalue weighted by molar-refractivity contribution is -0.123. The molecular formula is C22H27NO3S. The van der Waals surface area contributed by atoms with Gasteiger partial charge in [-0.1, -0.05) is 32.0 Å². The number of hydrogen-bond donors (Lipinski definition) is 1. The molecule has 3 rings (SSSR count). The molecule has 1 aromatic carbocycles. The topological polar surface area (TPSA) is 55.4 Å². The summed E-state index contributed by atoms with van der Waals surface area (Å²) in [6, 6.07) is 7.90. The van der Waals surface area contributed by atoms with E-state index in [1.807, 2.05) is 31.2 Å². The quantitative estimate of drug-likeness (QED) is 0.716. The highest BCUT2D eigenvalue weighted by Gasteiger charge is 2.23. The highest BCUT2D eigenvalue weighted by molar-refractivity contribution is 7.14. The summed E-state index contributed by atoms with van der Waals surface area (Å²) < 4.78 is 5.45. The number of benzene rings is 1. The Labute approximate surface area is 164 Å². The number of carbonyl (C=O) groups excluding carboxylic acids is 2. The number of nitrogens with one attached hydrogen (secondary N) is 1. The van der Waals surface area contributed by atoms with E-state index in [9.17, 15) is 9.59 Å². The number of ether oxygens (including phenoxy) is 1. The Balaban J connectivity index is 1.68. The van der Waals surface area contributed by atoms with Crippen LogP contribution in [0.4, 0.5) is 5.69 Å². The van der Waals surface area contributed by atoms with Gasteiger partial charge in [0.1, 0.15) is 4.88 Å². The number of hydrogen-bond acceptors (Lipinski definition) is 4. The Morgan fingerprint density at radius 3 is 2.59 bits per heavy atom. The lowest BCUT2D eigenvalue weighted by Gasteiger charge is -2.18. The minimum atomic E-state index is -0.851. The van der Waals surface area contributed by atoms with Gasteiger partial charge in [0.2, 0.25) is 0 Å². The number of rotatable bonds is 5. The maximum atomic E-state index is 12.6. The third-order valence-corrected chi connectivity index (χ3v) is 6.24. The van der Waals surface area contributed by atoms with Crippen LogP contribution in [0.2, 0.25) is 0 Å². The van der Waals surface area contributed by atoms with Crippen LogP contribution >= 0.6 is 11.3 Å². The smallest absolute Gasteiger partial charge is 0.349 e. The fourth-order valence-corrected chi connectivity index (χ4v) is 4.57. The van der Waals surface area contributed by atoms with Gasteiger partial charge in [-0.25, -0.2) is 4.79 Å². The fourth-order valence-electron chi connectivity index (χ4n) is 3.43. The summed E-state index contributed by atoms with van der Waals surface area (Å²) in [5.41, 5.74) is 4.15. The molecule has 0 unspecified atom stereocenters. The Bertz CT molecular complexity index is 830. The van der Waals surface area contributed by atoms with Crippen LogP contribution in [0.3, 0.4) is 0 Å². The van der Waals surface area contributed by atoms with E-state index in [0.29, 0.717) is 4.88 Å². The van der Waals surface area contributed by atoms with Gasteiger partial charge in [-0.15, -0.1) is 11.3 Å². The summed E-state index contributed by atoms with van der Waals surface area (Å²) in [5.74, 6) is -0.428. The molecule has 1 amide bonds. The molecule has 0 saturated carbocycles. The number of esters is 1. The Morgan fingerprint density at radius 2 is 1.89 bits per heavy atom. The minimum absolute atomic E-state index is 0.287. The Morgan fingerprint density at radius 1 is 1.15 bits per heavy atom. The standard InChI is InChI=1S/C22H27NO3S/c1-13(2)17-10-7-8-14(3)20(17)23-21(24)15(4)26-22(25)19-12-16-9-5-6-11-18(16)27-19/h7-8,10,12-13,15H,5-6,9,11H2,1-4H3,(H,23,24)/t15-/m1/s1. The summed E-state index contributed by atoms with van der Waals surface area (Å²) in [7, 11) is 0. The van der Waals surface area contributed by atoms with Crippen molar-refractivity contribution >= 4 is 28.9 Å². The molecule has 2 aromatic rings. The molecule has 1 N–H and O–H groups in total. The van der Waals surface area contributed by atoms with Crippen molar-refractivity contribution in [3.8, 4) is 0 Å². The lowest BCUT2D eigenvalue weighted by Crippen LogP contribution is -2.30. The molecule has 0 radical (unpaired) electrons. The van der Waals surface area contributed by atoms with Crippen molar-refractivity contribution in [3.63, 3.8) is 0 Å². The van der Waals surface area contributed by atoms with Gasteiger partial charge in [0.25, 0.3) is 5.91 Å². The second-order valence-electron chi connectivity index (χ2n) is 7.50. The van der Waals surface area contributed by atoms with Crippen LogP contribution in [0.15, 0.2) is 24.3 Å². The summed E-state index contributed by atoms with van der Waals surface area (Å²) in [4.78, 5) is 27.0. The molecule has 0 aliphatic heterocycles. The Kier molecular flexibility index (Phi) is 6.00. The number of amides is 1. The molecule has 0 fully saturated rings. The SMILES string of the molecule is Cc1cccc(C(C)C)c1NC(=O)[C@@H](C)OC(=O)c1cc2c(s1)CCCC2. The first-order chi connectivity index (χ1) is 12.9. The largest absolute Gasteiger partial charge is 0.448 e. The van der Waals surface area contributed by atoms with Crippen LogP contribution in [-0.4, -0.2) is 18.0 Å². The molecule has 1 aromatic heterocycles. The summed E-state index contributed by atoms with van der Waals surface area (Å²) in [6.45, 7) is 7.77. The first-order valence-electron chi connectivity index (χ1n) is 9.59. The third kappa shape index (κ3) is 4.41. The van der Waals surface area contributed by atoms with Crippen LogP contribution in [-0.2, 0) is 22.4 Å². The molecule has 5 heteroatoms. The van der Waals surface area contributed by atoms with Crippen LogP contribution < -0.4 is 5.32 Å². The van der Waals surface area contributed by atoms with Crippen molar-refractivity contribution in [2.75, 3.05) is 5.32 Å². The number of fused-ring (bicyclic) bond motifs is 1. The summed E-state index contributed by atoms with van der Waals surface area (Å²) in [5, 5.41) is 2.95. The fraction of sp³-hybridized carbons (Fsp3) is 0.455. The van der Waals surface area contributed by atoms with Crippen molar-refractivity contribution in [2.24, 2.45) is 0 Å². The Hall–Kier alpha value is -2.14. The summed E-state index contributed by atoms with van der Waals surface area (Å²) in [6.07, 6.45) is 3.56. The van der Waals surface area contributed by atoms with Crippen molar-refractivity contribution in [2.45, 2.75) is 65.4 Å². The highest BCUT2D eigenvalue weighted by Crippen LogP contribution is 2.31. The second-order valence-corrected chi connectivity index (χ2v) is 8.63. The van der Waals surface area contributed by atoms with E-state index in [-0.39, 0.29) is 11.8 Å². The first kappa shape index (κ1) is 19.6. The van der Waals surface area contributed by atoms with Gasteiger partial charge in [0, 0.05) is 10.6 Å². The zero-order chi connectivity index (χ0) is 19.6. The van der Waals surface area contributed by atoms with Gasteiger partial charge in [-0.2, -0.15) is 0 Å². The molecule has 4 nitrogen and oxygen atoms in total. The van der Waals surface area contributed by atoms with E-state index in [0.717, 1.165) is 29.7 Å². The maximum absolute atomic E-state index is 12.6. The molecule has 1 heterocycles. The molecule has 1 atom stereocenters. The average Bonchev–Trinajstić information content (AvgIpc) is 3.07. The molecule has 1 aliphatic rings. The first-order valence-corrected chi connectivity index (χ1v) is 10.4. The van der Waals surface area contributed by atoms with E-state index in [4.69, 9.17) is 4.74 Å². The summed E-state index contributed by atoms with van der Waals surface area (Å²) >= 11 is 1.50. The number of para-hydroxylation sites is 1. The van der Waals surface area contributed by atoms with E-state index in [1.54, 1.807) is 6.92 Å². The molecule has 27 heavy (non-hydrogen) atoms. The third-order valence-electron chi connectivity index (χ3n) is 5.03. The van der Waals surface area contributed by atoms with Gasteiger partial charge in [-0.05, 0) is 68.2 Å². The molecule has 144 valence electrons. The van der Waals surface area contributed by atoms with Gasteiger partial charge in [0.05, 0.1) is 0 Å². The zero-order valence-electron chi connectivity index (χ0n) is 16.4. The number of thiophene rings is 1. The normalized spacial score (nSPS) is 14.6.